The standard InChI is InChI=1S/C27H29F3N6O5S/c1-2-3-18-4-6-19(7-5-18)16-32-26(38)23-17-35(24-13-12-22(25(31)37)33-34-24)14-15-36(23)42(39,40)21-10-8-20(9-11-21)41-27(28,29)30/h4-13,23H,2-3,14-17H2,1H3,(H2,31,37)(H,32,38)/t23-/m1/s1. The van der Waals surface area contributed by atoms with Gasteiger partial charge in [-0.3, -0.25) is 9.59 Å². The van der Waals surface area contributed by atoms with Gasteiger partial charge in [0, 0.05) is 26.2 Å². The van der Waals surface area contributed by atoms with Gasteiger partial charge in [0.15, 0.2) is 11.5 Å². The van der Waals surface area contributed by atoms with E-state index in [1.165, 1.54) is 12.1 Å². The summed E-state index contributed by atoms with van der Waals surface area (Å²) >= 11 is 0. The summed E-state index contributed by atoms with van der Waals surface area (Å²) in [5.41, 5.74) is 7.14. The molecule has 1 atom stereocenters. The molecule has 15 heteroatoms. The second kappa shape index (κ2) is 12.7. The molecule has 1 aromatic heterocycles. The summed E-state index contributed by atoms with van der Waals surface area (Å²) in [5, 5.41) is 10.6. The second-order valence-electron chi connectivity index (χ2n) is 9.52. The van der Waals surface area contributed by atoms with Crippen molar-refractivity contribution in [2.75, 3.05) is 24.5 Å². The molecule has 3 aromatic rings. The van der Waals surface area contributed by atoms with Gasteiger partial charge in [0.05, 0.1) is 4.90 Å². The zero-order valence-electron chi connectivity index (χ0n) is 22.5. The summed E-state index contributed by atoms with van der Waals surface area (Å²) in [5.74, 6) is -1.63. The van der Waals surface area contributed by atoms with Gasteiger partial charge >= 0.3 is 6.36 Å². The molecule has 1 aliphatic heterocycles. The van der Waals surface area contributed by atoms with Gasteiger partial charge in [0.1, 0.15) is 11.8 Å². The van der Waals surface area contributed by atoms with Gasteiger partial charge in [-0.1, -0.05) is 37.6 Å². The van der Waals surface area contributed by atoms with Gasteiger partial charge in [-0.25, -0.2) is 8.42 Å². The lowest BCUT2D eigenvalue weighted by Crippen LogP contribution is -2.60. The van der Waals surface area contributed by atoms with Crippen molar-refractivity contribution in [1.29, 1.82) is 0 Å². The first kappa shape index (κ1) is 30.7. The van der Waals surface area contributed by atoms with Crippen LogP contribution in [0, 0.1) is 0 Å². The van der Waals surface area contributed by atoms with E-state index < -0.39 is 40.0 Å². The first-order chi connectivity index (χ1) is 19.9. The molecule has 2 heterocycles. The molecule has 4 rings (SSSR count). The highest BCUT2D eigenvalue weighted by Gasteiger charge is 2.41. The van der Waals surface area contributed by atoms with Gasteiger partial charge in [-0.15, -0.1) is 23.4 Å². The number of piperazine rings is 1. The molecule has 0 bridgehead atoms. The average Bonchev–Trinajstić information content (AvgIpc) is 2.96. The molecule has 11 nitrogen and oxygen atoms in total. The first-order valence-electron chi connectivity index (χ1n) is 13.0. The van der Waals surface area contributed by atoms with Crippen molar-refractivity contribution >= 4 is 27.7 Å². The third kappa shape index (κ3) is 7.53. The number of benzene rings is 2. The lowest BCUT2D eigenvalue weighted by molar-refractivity contribution is -0.274. The fraction of sp³-hybridized carbons (Fsp3) is 0.333. The van der Waals surface area contributed by atoms with Crippen LogP contribution in [0.1, 0.15) is 35.0 Å². The maximum absolute atomic E-state index is 13.6. The van der Waals surface area contributed by atoms with Crippen molar-refractivity contribution in [3.05, 3.63) is 77.5 Å². The number of anilines is 1. The lowest BCUT2D eigenvalue weighted by Gasteiger charge is -2.40. The number of nitrogens with one attached hydrogen (secondary N) is 1. The van der Waals surface area contributed by atoms with Crippen molar-refractivity contribution in [2.24, 2.45) is 5.73 Å². The van der Waals surface area contributed by atoms with Crippen molar-refractivity contribution < 1.29 is 35.9 Å². The monoisotopic (exact) mass is 606 g/mol. The summed E-state index contributed by atoms with van der Waals surface area (Å²) in [4.78, 5) is 26.2. The Morgan fingerprint density at radius 2 is 1.67 bits per heavy atom. The molecular formula is C27H29F3N6O5S. The van der Waals surface area contributed by atoms with E-state index in [1.54, 1.807) is 4.90 Å². The number of nitrogens with zero attached hydrogens (tertiary/aromatic N) is 4. The Labute approximate surface area is 240 Å². The summed E-state index contributed by atoms with van der Waals surface area (Å²) in [6.45, 7) is 2.07. The van der Waals surface area contributed by atoms with Crippen LogP contribution in [0.5, 0.6) is 5.75 Å². The number of hydrogen-bond acceptors (Lipinski definition) is 8. The molecule has 3 N–H and O–H groups in total. The van der Waals surface area contributed by atoms with Crippen LogP contribution in [-0.4, -0.2) is 66.8 Å². The zero-order chi connectivity index (χ0) is 30.5. The number of nitrogens with two attached hydrogens (primary N) is 1. The van der Waals surface area contributed by atoms with Crippen LogP contribution >= 0.6 is 0 Å². The predicted molar refractivity (Wildman–Crippen MR) is 146 cm³/mol. The van der Waals surface area contributed by atoms with Crippen molar-refractivity contribution in [1.82, 2.24) is 19.8 Å². The molecule has 2 amide bonds. The zero-order valence-corrected chi connectivity index (χ0v) is 23.4. The minimum Gasteiger partial charge on any atom is -0.406 e. The van der Waals surface area contributed by atoms with Crippen LogP contribution in [0.3, 0.4) is 0 Å². The fourth-order valence-corrected chi connectivity index (χ4v) is 6.04. The molecule has 1 aliphatic rings. The molecule has 224 valence electrons. The number of primary amides is 1. The Balaban J connectivity index is 1.57. The number of aromatic nitrogens is 2. The number of halogens is 3. The van der Waals surface area contributed by atoms with E-state index in [4.69, 9.17) is 5.73 Å². The van der Waals surface area contributed by atoms with E-state index in [1.807, 2.05) is 24.3 Å². The molecule has 42 heavy (non-hydrogen) atoms. The Hall–Kier alpha value is -4.24. The Bertz CT molecular complexity index is 1500. The third-order valence-corrected chi connectivity index (χ3v) is 8.48. The van der Waals surface area contributed by atoms with Gasteiger partial charge in [-0.05, 0) is 53.9 Å². The molecule has 0 aliphatic carbocycles. The van der Waals surface area contributed by atoms with Crippen molar-refractivity contribution in [3.8, 4) is 5.75 Å². The number of rotatable bonds is 10. The number of alkyl halides is 3. The molecule has 2 aromatic carbocycles. The highest BCUT2D eigenvalue weighted by atomic mass is 32.2. The quantitative estimate of drug-likeness (QED) is 0.358. The topological polar surface area (TPSA) is 148 Å². The van der Waals surface area contributed by atoms with Crippen LogP contribution in [0.25, 0.3) is 0 Å². The summed E-state index contributed by atoms with van der Waals surface area (Å²) in [6.07, 6.45) is -3.02. The fourth-order valence-electron chi connectivity index (χ4n) is 4.47. The van der Waals surface area contributed by atoms with Gasteiger partial charge in [0.2, 0.25) is 15.9 Å². The summed E-state index contributed by atoms with van der Waals surface area (Å²) in [7, 11) is -4.32. The number of carbonyl (C=O) groups excluding carboxylic acids is 2. The molecule has 0 unspecified atom stereocenters. The van der Waals surface area contributed by atoms with Crippen LogP contribution < -0.4 is 20.7 Å². The van der Waals surface area contributed by atoms with Crippen LogP contribution in [0.4, 0.5) is 19.0 Å². The Kier molecular flexibility index (Phi) is 9.31. The number of hydrogen-bond donors (Lipinski definition) is 2. The molecule has 0 radical (unpaired) electrons. The minimum atomic E-state index is -4.94. The van der Waals surface area contributed by atoms with E-state index in [0.29, 0.717) is 5.82 Å². The van der Waals surface area contributed by atoms with Crippen molar-refractivity contribution in [2.45, 2.75) is 43.6 Å². The molecular weight excluding hydrogens is 577 g/mol. The second-order valence-corrected chi connectivity index (χ2v) is 11.4. The molecule has 1 fully saturated rings. The summed E-state index contributed by atoms with van der Waals surface area (Å²) in [6, 6.07) is 13.1. The van der Waals surface area contributed by atoms with Crippen molar-refractivity contribution in [3.63, 3.8) is 0 Å². The number of aryl methyl sites for hydroxylation is 1. The largest absolute Gasteiger partial charge is 0.573 e. The van der Waals surface area contributed by atoms with Gasteiger partial charge in [-0.2, -0.15) is 4.31 Å². The highest BCUT2D eigenvalue weighted by molar-refractivity contribution is 7.89. The summed E-state index contributed by atoms with van der Waals surface area (Å²) < 4.78 is 69.8. The van der Waals surface area contributed by atoms with E-state index in [9.17, 15) is 31.2 Å². The van der Waals surface area contributed by atoms with Gasteiger partial charge in [0.25, 0.3) is 5.91 Å². The third-order valence-electron chi connectivity index (χ3n) is 6.55. The Morgan fingerprint density at radius 3 is 2.24 bits per heavy atom. The van der Waals surface area contributed by atoms with Crippen LogP contribution in [-0.2, 0) is 27.8 Å². The van der Waals surface area contributed by atoms with E-state index in [-0.39, 0.29) is 36.8 Å². The molecule has 0 spiro atoms. The first-order valence-corrected chi connectivity index (χ1v) is 14.4. The predicted octanol–water partition coefficient (Wildman–Crippen LogP) is 2.62. The average molecular weight is 607 g/mol. The lowest BCUT2D eigenvalue weighted by atomic mass is 10.1. The highest BCUT2D eigenvalue weighted by Crippen LogP contribution is 2.28. The Morgan fingerprint density at radius 1 is 1.00 bits per heavy atom. The number of ether oxygens (including phenoxy) is 1. The number of carbonyl (C=O) groups is 2. The van der Waals surface area contributed by atoms with Gasteiger partial charge < -0.3 is 20.7 Å². The van der Waals surface area contributed by atoms with Crippen LogP contribution in [0.15, 0.2) is 65.6 Å². The van der Waals surface area contributed by atoms with E-state index in [0.717, 1.165) is 52.5 Å². The van der Waals surface area contributed by atoms with E-state index in [2.05, 4.69) is 27.2 Å². The maximum Gasteiger partial charge on any atom is 0.573 e. The SMILES string of the molecule is CCCc1ccc(CNC(=O)[C@H]2CN(c3ccc(C(N)=O)nn3)CCN2S(=O)(=O)c2ccc(OC(F)(F)F)cc2)cc1. The minimum absolute atomic E-state index is 0.0582. The molecule has 0 saturated carbocycles. The number of sulfonamides is 1. The maximum atomic E-state index is 13.6. The smallest absolute Gasteiger partial charge is 0.406 e. The van der Waals surface area contributed by atoms with E-state index >= 15 is 0 Å². The van der Waals surface area contributed by atoms with Crippen LogP contribution in [0.2, 0.25) is 0 Å². The normalized spacial score (nSPS) is 16.2. The number of amides is 2. The molecule has 1 saturated heterocycles.